The molecular formula is C19H24N4O2. The average Bonchev–Trinajstić information content (AvgIpc) is 2.99. The fourth-order valence-corrected chi connectivity index (χ4v) is 2.92. The lowest BCUT2D eigenvalue weighted by atomic mass is 9.78. The first kappa shape index (κ1) is 17.2. The van der Waals surface area contributed by atoms with Crippen LogP contribution in [-0.4, -0.2) is 28.1 Å². The number of rotatable bonds is 6. The summed E-state index contributed by atoms with van der Waals surface area (Å²) in [6.07, 6.45) is 2.17. The Morgan fingerprint density at radius 1 is 1.24 bits per heavy atom. The van der Waals surface area contributed by atoms with E-state index in [9.17, 15) is 9.59 Å². The maximum Gasteiger partial charge on any atom is 0.228 e. The van der Waals surface area contributed by atoms with Gasteiger partial charge in [0.1, 0.15) is 5.82 Å². The second-order valence-electron chi connectivity index (χ2n) is 6.95. The van der Waals surface area contributed by atoms with E-state index < -0.39 is 0 Å². The molecule has 1 fully saturated rings. The van der Waals surface area contributed by atoms with Gasteiger partial charge in [-0.1, -0.05) is 44.2 Å². The minimum absolute atomic E-state index is 0.0325. The molecule has 1 aromatic heterocycles. The molecule has 0 bridgehead atoms. The van der Waals surface area contributed by atoms with Crippen molar-refractivity contribution in [2.45, 2.75) is 45.1 Å². The van der Waals surface area contributed by atoms with Crippen LogP contribution >= 0.6 is 0 Å². The normalized spacial score (nSPS) is 19.3. The van der Waals surface area contributed by atoms with E-state index in [0.717, 1.165) is 24.1 Å². The molecule has 1 aliphatic rings. The Bertz CT molecular complexity index is 733. The average molecular weight is 340 g/mol. The Hall–Kier alpha value is -2.63. The highest BCUT2D eigenvalue weighted by atomic mass is 16.2. The summed E-state index contributed by atoms with van der Waals surface area (Å²) in [7, 11) is 0. The maximum absolute atomic E-state index is 12.1. The minimum Gasteiger partial charge on any atom is -0.353 e. The standard InChI is InChI=1S/C19H24N4O2/c1-12(2)19(25)21-17-11-16(22-23-17)14-9-15(10-14)20-18(24)8-13-6-4-3-5-7-13/h3-7,11-12,14-15H,8-10H2,1-2H3,(H,20,24)(H2,21,22,23,25). The third-order valence-corrected chi connectivity index (χ3v) is 4.51. The minimum atomic E-state index is -0.0698. The monoisotopic (exact) mass is 340 g/mol. The second-order valence-corrected chi connectivity index (χ2v) is 6.95. The van der Waals surface area contributed by atoms with E-state index in [4.69, 9.17) is 0 Å². The molecule has 6 heteroatoms. The highest BCUT2D eigenvalue weighted by molar-refractivity contribution is 5.91. The molecule has 0 unspecified atom stereocenters. The summed E-state index contributed by atoms with van der Waals surface area (Å²) in [6, 6.07) is 11.8. The lowest BCUT2D eigenvalue weighted by molar-refractivity contribution is -0.122. The number of benzene rings is 1. The second kappa shape index (κ2) is 7.51. The van der Waals surface area contributed by atoms with Crippen LogP contribution in [0.4, 0.5) is 5.82 Å². The van der Waals surface area contributed by atoms with E-state index in [1.807, 2.05) is 50.2 Å². The summed E-state index contributed by atoms with van der Waals surface area (Å²) < 4.78 is 0. The fraction of sp³-hybridized carbons (Fsp3) is 0.421. The van der Waals surface area contributed by atoms with Crippen molar-refractivity contribution in [3.63, 3.8) is 0 Å². The molecule has 3 N–H and O–H groups in total. The number of aromatic nitrogens is 2. The smallest absolute Gasteiger partial charge is 0.228 e. The fourth-order valence-electron chi connectivity index (χ4n) is 2.92. The number of carbonyl (C=O) groups is 2. The molecule has 0 radical (unpaired) electrons. The number of hydrogen-bond acceptors (Lipinski definition) is 3. The van der Waals surface area contributed by atoms with Crippen LogP contribution in [0.3, 0.4) is 0 Å². The van der Waals surface area contributed by atoms with E-state index in [-0.39, 0.29) is 23.8 Å². The lowest BCUT2D eigenvalue weighted by Crippen LogP contribution is -2.44. The van der Waals surface area contributed by atoms with E-state index in [1.165, 1.54) is 0 Å². The summed E-state index contributed by atoms with van der Waals surface area (Å²) in [5.41, 5.74) is 1.96. The van der Waals surface area contributed by atoms with Gasteiger partial charge in [0, 0.05) is 23.9 Å². The van der Waals surface area contributed by atoms with E-state index in [1.54, 1.807) is 0 Å². The van der Waals surface area contributed by atoms with Crippen LogP contribution in [0, 0.1) is 5.92 Å². The summed E-state index contributed by atoms with van der Waals surface area (Å²) in [4.78, 5) is 23.8. The molecule has 0 spiro atoms. The molecule has 0 aliphatic heterocycles. The molecule has 25 heavy (non-hydrogen) atoms. The van der Waals surface area contributed by atoms with Gasteiger partial charge in [0.25, 0.3) is 0 Å². The highest BCUT2D eigenvalue weighted by Crippen LogP contribution is 2.36. The van der Waals surface area contributed by atoms with Gasteiger partial charge in [0.05, 0.1) is 12.1 Å². The van der Waals surface area contributed by atoms with Crippen molar-refractivity contribution in [3.8, 4) is 0 Å². The number of aromatic amines is 1. The zero-order chi connectivity index (χ0) is 17.8. The zero-order valence-corrected chi connectivity index (χ0v) is 14.6. The van der Waals surface area contributed by atoms with E-state index in [2.05, 4.69) is 20.8 Å². The molecule has 0 atom stereocenters. The molecule has 1 aromatic carbocycles. The van der Waals surface area contributed by atoms with Crippen LogP contribution in [0.2, 0.25) is 0 Å². The Morgan fingerprint density at radius 2 is 1.96 bits per heavy atom. The Kier molecular flexibility index (Phi) is 5.16. The molecule has 0 saturated heterocycles. The molecule has 1 saturated carbocycles. The zero-order valence-electron chi connectivity index (χ0n) is 14.6. The SMILES string of the molecule is CC(C)C(=O)Nc1cc(C2CC(NC(=O)Cc3ccccc3)C2)n[nH]1. The van der Waals surface area contributed by atoms with Crippen molar-refractivity contribution in [1.29, 1.82) is 0 Å². The molecule has 1 heterocycles. The van der Waals surface area contributed by atoms with Crippen LogP contribution in [0.5, 0.6) is 0 Å². The number of nitrogens with one attached hydrogen (secondary N) is 3. The lowest BCUT2D eigenvalue weighted by Gasteiger charge is -2.34. The van der Waals surface area contributed by atoms with Gasteiger partial charge < -0.3 is 10.6 Å². The van der Waals surface area contributed by atoms with Crippen LogP contribution in [0.15, 0.2) is 36.4 Å². The topological polar surface area (TPSA) is 86.9 Å². The number of carbonyl (C=O) groups excluding carboxylic acids is 2. The van der Waals surface area contributed by atoms with Crippen molar-refractivity contribution >= 4 is 17.6 Å². The molecule has 2 amide bonds. The third kappa shape index (κ3) is 4.47. The number of H-pyrrole nitrogens is 1. The number of anilines is 1. The van der Waals surface area contributed by atoms with Gasteiger partial charge in [-0.25, -0.2) is 0 Å². The Labute approximate surface area is 147 Å². The number of hydrogen-bond donors (Lipinski definition) is 3. The highest BCUT2D eigenvalue weighted by Gasteiger charge is 2.33. The van der Waals surface area contributed by atoms with Gasteiger partial charge in [-0.05, 0) is 18.4 Å². The van der Waals surface area contributed by atoms with Crippen molar-refractivity contribution in [3.05, 3.63) is 47.7 Å². The van der Waals surface area contributed by atoms with Gasteiger partial charge in [-0.2, -0.15) is 5.10 Å². The predicted molar refractivity (Wildman–Crippen MR) is 96.1 cm³/mol. The van der Waals surface area contributed by atoms with Crippen molar-refractivity contribution in [2.75, 3.05) is 5.32 Å². The van der Waals surface area contributed by atoms with Crippen molar-refractivity contribution in [1.82, 2.24) is 15.5 Å². The molecule has 1 aliphatic carbocycles. The summed E-state index contributed by atoms with van der Waals surface area (Å²) in [6.45, 7) is 3.70. The van der Waals surface area contributed by atoms with Crippen LogP contribution < -0.4 is 10.6 Å². The van der Waals surface area contributed by atoms with E-state index in [0.29, 0.717) is 18.2 Å². The van der Waals surface area contributed by atoms with Crippen LogP contribution in [-0.2, 0) is 16.0 Å². The van der Waals surface area contributed by atoms with Crippen molar-refractivity contribution in [2.24, 2.45) is 5.92 Å². The van der Waals surface area contributed by atoms with Crippen LogP contribution in [0.25, 0.3) is 0 Å². The Morgan fingerprint density at radius 3 is 2.64 bits per heavy atom. The largest absolute Gasteiger partial charge is 0.353 e. The molecular weight excluding hydrogens is 316 g/mol. The predicted octanol–water partition coefficient (Wildman–Crippen LogP) is 2.61. The first-order valence-corrected chi connectivity index (χ1v) is 8.70. The molecule has 2 aromatic rings. The molecule has 132 valence electrons. The number of amides is 2. The summed E-state index contributed by atoms with van der Waals surface area (Å²) in [5.74, 6) is 0.907. The summed E-state index contributed by atoms with van der Waals surface area (Å²) in [5, 5.41) is 13.0. The summed E-state index contributed by atoms with van der Waals surface area (Å²) >= 11 is 0. The van der Waals surface area contributed by atoms with E-state index >= 15 is 0 Å². The maximum atomic E-state index is 12.1. The van der Waals surface area contributed by atoms with Gasteiger partial charge >= 0.3 is 0 Å². The molecule has 3 rings (SSSR count). The van der Waals surface area contributed by atoms with Crippen LogP contribution in [0.1, 0.15) is 43.9 Å². The van der Waals surface area contributed by atoms with Gasteiger partial charge in [-0.3, -0.25) is 14.7 Å². The van der Waals surface area contributed by atoms with Gasteiger partial charge in [0.2, 0.25) is 11.8 Å². The Balaban J connectivity index is 1.44. The van der Waals surface area contributed by atoms with Crippen molar-refractivity contribution < 1.29 is 9.59 Å². The number of nitrogens with zero attached hydrogens (tertiary/aromatic N) is 1. The first-order chi connectivity index (χ1) is 12.0. The van der Waals surface area contributed by atoms with Gasteiger partial charge in [-0.15, -0.1) is 0 Å². The quantitative estimate of drug-likeness (QED) is 0.755. The van der Waals surface area contributed by atoms with Gasteiger partial charge in [0.15, 0.2) is 0 Å². The third-order valence-electron chi connectivity index (χ3n) is 4.51. The molecule has 6 nitrogen and oxygen atoms in total. The first-order valence-electron chi connectivity index (χ1n) is 8.70.